The van der Waals surface area contributed by atoms with E-state index >= 15 is 0 Å². The molecular weight excluding hydrogens is 344 g/mol. The van der Waals surface area contributed by atoms with Crippen LogP contribution in [-0.2, 0) is 9.53 Å². The molecule has 2 aliphatic heterocycles. The van der Waals surface area contributed by atoms with Gasteiger partial charge in [-0.1, -0.05) is 17.7 Å². The van der Waals surface area contributed by atoms with E-state index in [1.54, 1.807) is 29.3 Å². The number of rotatable bonds is 2. The number of ether oxygens (including phenoxy) is 1. The van der Waals surface area contributed by atoms with E-state index in [9.17, 15) is 14.7 Å². The summed E-state index contributed by atoms with van der Waals surface area (Å²) in [4.78, 5) is 30.9. The molecule has 0 unspecified atom stereocenters. The lowest BCUT2D eigenvalue weighted by molar-refractivity contribution is -0.157. The number of carbonyl (C=O) groups excluding carboxylic acids is 1. The van der Waals surface area contributed by atoms with Crippen LogP contribution in [0.15, 0.2) is 30.5 Å². The Labute approximate surface area is 149 Å². The molecule has 2 aliphatic rings. The minimum Gasteiger partial charge on any atom is -0.481 e. The van der Waals surface area contributed by atoms with Gasteiger partial charge in [0.1, 0.15) is 0 Å². The number of carbonyl (C=O) groups is 2. The fraction of sp³-hybridized carbons (Fsp3) is 0.389. The summed E-state index contributed by atoms with van der Waals surface area (Å²) in [5.41, 5.74) is 0.0611. The van der Waals surface area contributed by atoms with Gasteiger partial charge in [-0.2, -0.15) is 0 Å². The summed E-state index contributed by atoms with van der Waals surface area (Å²) in [6, 6.07) is 7.00. The normalized spacial score (nSPS) is 25.8. The van der Waals surface area contributed by atoms with E-state index in [4.69, 9.17) is 16.3 Å². The Bertz CT molecular complexity index is 871. The maximum atomic E-state index is 13.1. The van der Waals surface area contributed by atoms with E-state index < -0.39 is 11.4 Å². The van der Waals surface area contributed by atoms with Crippen molar-refractivity contribution in [1.82, 2.24) is 9.88 Å². The van der Waals surface area contributed by atoms with E-state index in [2.05, 4.69) is 4.98 Å². The zero-order valence-electron chi connectivity index (χ0n) is 13.4. The quantitative estimate of drug-likeness (QED) is 0.889. The summed E-state index contributed by atoms with van der Waals surface area (Å²) >= 11 is 6.16. The number of likely N-dealkylation sites (tertiary alicyclic amines) is 1. The first-order chi connectivity index (χ1) is 12.0. The lowest BCUT2D eigenvalue weighted by Gasteiger charge is -2.33. The largest absolute Gasteiger partial charge is 0.481 e. The van der Waals surface area contributed by atoms with E-state index in [0.29, 0.717) is 42.3 Å². The van der Waals surface area contributed by atoms with Gasteiger partial charge in [0.15, 0.2) is 0 Å². The smallest absolute Gasteiger partial charge is 0.311 e. The predicted octanol–water partition coefficient (Wildman–Crippen LogP) is 2.45. The number of aliphatic carboxylic acids is 1. The Hall–Kier alpha value is -2.18. The maximum Gasteiger partial charge on any atom is 0.311 e. The zero-order chi connectivity index (χ0) is 17.6. The second kappa shape index (κ2) is 5.97. The van der Waals surface area contributed by atoms with Crippen molar-refractivity contribution in [2.24, 2.45) is 11.3 Å². The Kier molecular flexibility index (Phi) is 3.89. The molecule has 2 aromatic rings. The fourth-order valence-electron chi connectivity index (χ4n) is 3.94. The second-order valence-electron chi connectivity index (χ2n) is 6.70. The van der Waals surface area contributed by atoms with Crippen molar-refractivity contribution in [3.05, 3.63) is 41.0 Å². The average Bonchev–Trinajstić information content (AvgIpc) is 3.01. The van der Waals surface area contributed by atoms with Crippen molar-refractivity contribution in [2.45, 2.75) is 6.42 Å². The van der Waals surface area contributed by atoms with Gasteiger partial charge in [-0.3, -0.25) is 14.6 Å². The van der Waals surface area contributed by atoms with E-state index in [1.165, 1.54) is 0 Å². The van der Waals surface area contributed by atoms with Gasteiger partial charge in [-0.05, 0) is 24.6 Å². The summed E-state index contributed by atoms with van der Waals surface area (Å²) in [6.07, 6.45) is 2.05. The Morgan fingerprint density at radius 2 is 2.24 bits per heavy atom. The molecule has 2 atom stereocenters. The minimum absolute atomic E-state index is 0.191. The lowest BCUT2D eigenvalue weighted by Crippen LogP contribution is -2.45. The molecule has 0 aliphatic carbocycles. The average molecular weight is 361 g/mol. The number of aromatic nitrogens is 1. The van der Waals surface area contributed by atoms with Gasteiger partial charge in [0.25, 0.3) is 5.91 Å². The number of nitrogens with zero attached hydrogens (tertiary/aromatic N) is 2. The van der Waals surface area contributed by atoms with Crippen LogP contribution in [0.2, 0.25) is 5.02 Å². The Morgan fingerprint density at radius 3 is 3.00 bits per heavy atom. The summed E-state index contributed by atoms with van der Waals surface area (Å²) < 4.78 is 5.45. The molecule has 1 N–H and O–H groups in total. The van der Waals surface area contributed by atoms with Crippen molar-refractivity contribution >= 4 is 34.4 Å². The highest BCUT2D eigenvalue weighted by Gasteiger charge is 2.55. The Balaban J connectivity index is 1.72. The fourth-order valence-corrected chi connectivity index (χ4v) is 4.17. The van der Waals surface area contributed by atoms with Crippen LogP contribution in [0.1, 0.15) is 16.8 Å². The van der Waals surface area contributed by atoms with Crippen LogP contribution in [0.25, 0.3) is 10.9 Å². The topological polar surface area (TPSA) is 79.7 Å². The van der Waals surface area contributed by atoms with Crippen molar-refractivity contribution < 1.29 is 19.4 Å². The third-order valence-corrected chi connectivity index (χ3v) is 5.54. The number of amides is 1. The molecule has 130 valence electrons. The highest BCUT2D eigenvalue weighted by molar-refractivity contribution is 6.32. The van der Waals surface area contributed by atoms with Gasteiger partial charge in [0.05, 0.1) is 23.1 Å². The van der Waals surface area contributed by atoms with Crippen LogP contribution >= 0.6 is 11.6 Å². The summed E-state index contributed by atoms with van der Waals surface area (Å²) in [6.45, 7) is 1.33. The monoisotopic (exact) mass is 360 g/mol. The van der Waals surface area contributed by atoms with E-state index in [1.807, 2.05) is 6.07 Å². The van der Waals surface area contributed by atoms with E-state index in [0.717, 1.165) is 5.39 Å². The standard InChI is InChI=1S/C18H17ClN2O4/c19-13-6-11-2-1-4-20-15(11)14(7-13)16(22)21-8-12-9-25-5-3-18(12,10-21)17(23)24/h1-2,4,6-7,12H,3,5,8-10H2,(H,23,24)/t12-,18+/m0/s1. The molecule has 0 bridgehead atoms. The van der Waals surface area contributed by atoms with Gasteiger partial charge in [0.2, 0.25) is 0 Å². The molecule has 0 radical (unpaired) electrons. The number of carboxylic acid groups (broad SMARTS) is 1. The summed E-state index contributed by atoms with van der Waals surface area (Å²) in [5.74, 6) is -1.28. The molecule has 3 heterocycles. The SMILES string of the molecule is O=C(c1cc(Cl)cc2cccnc12)N1C[C@H]2COCC[C@@]2(C(=O)O)C1. The Morgan fingerprint density at radius 1 is 1.40 bits per heavy atom. The number of benzene rings is 1. The number of fused-ring (bicyclic) bond motifs is 2. The molecule has 1 aromatic carbocycles. The first-order valence-corrected chi connectivity index (χ1v) is 8.54. The summed E-state index contributed by atoms with van der Waals surface area (Å²) in [5, 5.41) is 11.0. The molecule has 1 aromatic heterocycles. The number of hydrogen-bond donors (Lipinski definition) is 1. The molecule has 2 fully saturated rings. The van der Waals surface area contributed by atoms with Gasteiger partial charge in [0, 0.05) is 42.2 Å². The molecule has 6 nitrogen and oxygen atoms in total. The predicted molar refractivity (Wildman–Crippen MR) is 91.7 cm³/mol. The lowest BCUT2D eigenvalue weighted by atomic mass is 9.74. The molecule has 7 heteroatoms. The van der Waals surface area contributed by atoms with Crippen molar-refractivity contribution in [1.29, 1.82) is 0 Å². The van der Waals surface area contributed by atoms with Gasteiger partial charge in [-0.25, -0.2) is 0 Å². The van der Waals surface area contributed by atoms with Crippen molar-refractivity contribution in [3.8, 4) is 0 Å². The third kappa shape index (κ3) is 2.56. The molecule has 25 heavy (non-hydrogen) atoms. The van der Waals surface area contributed by atoms with E-state index in [-0.39, 0.29) is 18.4 Å². The number of hydrogen-bond acceptors (Lipinski definition) is 4. The van der Waals surface area contributed by atoms with Crippen LogP contribution in [0.3, 0.4) is 0 Å². The third-order valence-electron chi connectivity index (χ3n) is 5.32. The van der Waals surface area contributed by atoms with Gasteiger partial charge < -0.3 is 14.7 Å². The van der Waals surface area contributed by atoms with Gasteiger partial charge >= 0.3 is 5.97 Å². The molecular formula is C18H17ClN2O4. The number of pyridine rings is 1. The summed E-state index contributed by atoms with van der Waals surface area (Å²) in [7, 11) is 0. The molecule has 0 spiro atoms. The van der Waals surface area contributed by atoms with Crippen LogP contribution in [0.4, 0.5) is 0 Å². The second-order valence-corrected chi connectivity index (χ2v) is 7.13. The molecule has 4 rings (SSSR count). The maximum absolute atomic E-state index is 13.1. The van der Waals surface area contributed by atoms with Crippen LogP contribution in [-0.4, -0.2) is 53.2 Å². The number of carboxylic acids is 1. The van der Waals surface area contributed by atoms with Crippen molar-refractivity contribution in [3.63, 3.8) is 0 Å². The van der Waals surface area contributed by atoms with Gasteiger partial charge in [-0.15, -0.1) is 0 Å². The van der Waals surface area contributed by atoms with Crippen LogP contribution in [0.5, 0.6) is 0 Å². The highest BCUT2D eigenvalue weighted by Crippen LogP contribution is 2.43. The van der Waals surface area contributed by atoms with Crippen LogP contribution in [0, 0.1) is 11.3 Å². The van der Waals surface area contributed by atoms with Crippen molar-refractivity contribution in [2.75, 3.05) is 26.3 Å². The highest BCUT2D eigenvalue weighted by atomic mass is 35.5. The zero-order valence-corrected chi connectivity index (χ0v) is 14.2. The van der Waals surface area contributed by atoms with Crippen LogP contribution < -0.4 is 0 Å². The molecule has 1 amide bonds. The molecule has 0 saturated carbocycles. The first-order valence-electron chi connectivity index (χ1n) is 8.16. The molecule has 2 saturated heterocycles. The minimum atomic E-state index is -0.921. The first kappa shape index (κ1) is 16.3. The number of halogens is 1.